The highest BCUT2D eigenvalue weighted by molar-refractivity contribution is 6.39. The molecule has 5 rings (SSSR count). The minimum absolute atomic E-state index is 0.0812. The summed E-state index contributed by atoms with van der Waals surface area (Å²) >= 11 is 13.7. The zero-order valence-electron chi connectivity index (χ0n) is 24.5. The van der Waals surface area contributed by atoms with Gasteiger partial charge < -0.3 is 14.6 Å². The van der Waals surface area contributed by atoms with Gasteiger partial charge in [0.15, 0.2) is 12.1 Å². The largest absolute Gasteiger partial charge is 0.496 e. The van der Waals surface area contributed by atoms with Gasteiger partial charge in [-0.2, -0.15) is 13.2 Å². The molecule has 0 bridgehead atoms. The summed E-state index contributed by atoms with van der Waals surface area (Å²) in [4.78, 5) is 35.8. The molecule has 0 spiro atoms. The van der Waals surface area contributed by atoms with Crippen LogP contribution in [-0.2, 0) is 20.0 Å². The van der Waals surface area contributed by atoms with Crippen molar-refractivity contribution in [1.29, 1.82) is 0 Å². The second-order valence-corrected chi connectivity index (χ2v) is 11.5. The van der Waals surface area contributed by atoms with E-state index in [1.165, 1.54) is 7.11 Å². The smallest absolute Gasteiger partial charge is 0.389 e. The number of ether oxygens (including phenoxy) is 1. The van der Waals surface area contributed by atoms with Crippen molar-refractivity contribution in [3.05, 3.63) is 81.5 Å². The first-order valence-corrected chi connectivity index (χ1v) is 15.0. The highest BCUT2D eigenvalue weighted by Gasteiger charge is 2.28. The van der Waals surface area contributed by atoms with Crippen LogP contribution in [0.4, 0.5) is 18.9 Å². The summed E-state index contributed by atoms with van der Waals surface area (Å²) in [6.45, 7) is 1.68. The first-order chi connectivity index (χ1) is 21.5. The Morgan fingerprint density at radius 1 is 1.11 bits per heavy atom. The summed E-state index contributed by atoms with van der Waals surface area (Å²) in [5, 5.41) is 3.45. The summed E-state index contributed by atoms with van der Waals surface area (Å²) in [6.07, 6.45) is -1.48. The number of aromatic nitrogens is 3. The van der Waals surface area contributed by atoms with E-state index in [2.05, 4.69) is 20.2 Å². The Balaban J connectivity index is 1.34. The Kier molecular flexibility index (Phi) is 9.81. The van der Waals surface area contributed by atoms with Gasteiger partial charge in [0.2, 0.25) is 0 Å². The van der Waals surface area contributed by atoms with Crippen LogP contribution in [-0.4, -0.2) is 58.0 Å². The first-order valence-electron chi connectivity index (χ1n) is 14.2. The van der Waals surface area contributed by atoms with Crippen molar-refractivity contribution in [3.63, 3.8) is 0 Å². The number of unbranched alkanes of at least 4 members (excludes halogenated alkanes) is 1. The Morgan fingerprint density at radius 3 is 2.62 bits per heavy atom. The molecule has 45 heavy (non-hydrogen) atoms. The monoisotopic (exact) mass is 659 g/mol. The molecule has 1 aliphatic heterocycles. The van der Waals surface area contributed by atoms with E-state index in [0.717, 1.165) is 11.4 Å². The van der Waals surface area contributed by atoms with Crippen LogP contribution in [0.3, 0.4) is 0 Å². The van der Waals surface area contributed by atoms with Crippen molar-refractivity contribution < 1.29 is 27.5 Å². The van der Waals surface area contributed by atoms with Gasteiger partial charge in [0.1, 0.15) is 5.75 Å². The molecule has 0 aliphatic carbocycles. The van der Waals surface area contributed by atoms with E-state index >= 15 is 0 Å². The lowest BCUT2D eigenvalue weighted by Gasteiger charge is -2.26. The first kappa shape index (κ1) is 32.5. The lowest BCUT2D eigenvalue weighted by atomic mass is 10.0. The van der Waals surface area contributed by atoms with E-state index in [4.69, 9.17) is 27.9 Å². The molecule has 0 saturated heterocycles. The maximum atomic E-state index is 13.4. The molecular weight excluding hydrogens is 630 g/mol. The SMILES string of the molecule is COc1cc(-c2nccc(-c3cccc(NC(=O)c4nc5c(n4C)CCN(CCCCC(F)(F)F)C5)c3Cl)c2Cl)ccc1C=O. The molecule has 0 atom stereocenters. The fraction of sp³-hybridized carbons (Fsp3) is 0.312. The maximum absolute atomic E-state index is 13.4. The van der Waals surface area contributed by atoms with Gasteiger partial charge >= 0.3 is 6.18 Å². The number of imidazole rings is 1. The number of nitrogens with zero attached hydrogens (tertiary/aromatic N) is 4. The summed E-state index contributed by atoms with van der Waals surface area (Å²) < 4.78 is 44.5. The second-order valence-electron chi connectivity index (χ2n) is 10.7. The number of hydrogen-bond donors (Lipinski definition) is 1. The molecule has 236 valence electrons. The predicted octanol–water partition coefficient (Wildman–Crippen LogP) is 7.62. The summed E-state index contributed by atoms with van der Waals surface area (Å²) in [5.41, 5.74) is 4.67. The molecular formula is C32H30Cl2F3N5O3. The fourth-order valence-corrected chi connectivity index (χ4v) is 6.06. The quantitative estimate of drug-likeness (QED) is 0.139. The number of pyridine rings is 1. The van der Waals surface area contributed by atoms with E-state index in [1.807, 2.05) is 0 Å². The lowest BCUT2D eigenvalue weighted by molar-refractivity contribution is -0.135. The number of benzene rings is 2. The molecule has 4 aromatic rings. The van der Waals surface area contributed by atoms with Crippen LogP contribution in [0.1, 0.15) is 51.6 Å². The number of hydrogen-bond acceptors (Lipinski definition) is 6. The highest BCUT2D eigenvalue weighted by Crippen LogP contribution is 2.41. The Morgan fingerprint density at radius 2 is 1.89 bits per heavy atom. The summed E-state index contributed by atoms with van der Waals surface area (Å²) in [5.74, 6) is 0.141. The van der Waals surface area contributed by atoms with Crippen molar-refractivity contribution in [2.45, 2.75) is 38.4 Å². The molecule has 0 fully saturated rings. The molecule has 1 amide bonds. The number of anilines is 1. The van der Waals surface area contributed by atoms with Crippen molar-refractivity contribution in [2.75, 3.05) is 25.5 Å². The van der Waals surface area contributed by atoms with Gasteiger partial charge in [0, 0.05) is 61.6 Å². The molecule has 8 nitrogen and oxygen atoms in total. The number of amides is 1. The highest BCUT2D eigenvalue weighted by atomic mass is 35.5. The zero-order chi connectivity index (χ0) is 32.3. The number of halogens is 5. The van der Waals surface area contributed by atoms with Crippen LogP contribution in [0, 0.1) is 0 Å². The summed E-state index contributed by atoms with van der Waals surface area (Å²) in [6, 6.07) is 11.9. The van der Waals surface area contributed by atoms with Gasteiger partial charge in [-0.1, -0.05) is 41.4 Å². The van der Waals surface area contributed by atoms with E-state index in [-0.39, 0.29) is 17.3 Å². The van der Waals surface area contributed by atoms with Crippen LogP contribution < -0.4 is 10.1 Å². The van der Waals surface area contributed by atoms with Gasteiger partial charge in [-0.15, -0.1) is 0 Å². The Bertz CT molecular complexity index is 1740. The molecule has 0 radical (unpaired) electrons. The van der Waals surface area contributed by atoms with Gasteiger partial charge in [-0.3, -0.25) is 19.5 Å². The van der Waals surface area contributed by atoms with E-state index in [1.54, 1.807) is 60.3 Å². The van der Waals surface area contributed by atoms with E-state index in [0.29, 0.717) is 83.2 Å². The second kappa shape index (κ2) is 13.6. The minimum Gasteiger partial charge on any atom is -0.496 e. The molecule has 2 aromatic heterocycles. The number of fused-ring (bicyclic) bond motifs is 1. The van der Waals surface area contributed by atoms with Crippen molar-refractivity contribution >= 4 is 41.1 Å². The number of alkyl halides is 3. The van der Waals surface area contributed by atoms with Crippen molar-refractivity contribution in [2.24, 2.45) is 7.05 Å². The molecule has 1 N–H and O–H groups in total. The molecule has 13 heteroatoms. The number of nitrogens with one attached hydrogen (secondary N) is 1. The van der Waals surface area contributed by atoms with Crippen LogP contribution >= 0.6 is 23.2 Å². The normalized spacial score (nSPS) is 13.4. The Labute approximate surface area is 268 Å². The fourth-order valence-electron chi connectivity index (χ4n) is 5.46. The third-order valence-corrected chi connectivity index (χ3v) is 8.57. The number of rotatable bonds is 10. The number of methoxy groups -OCH3 is 1. The number of carbonyl (C=O) groups is 2. The lowest BCUT2D eigenvalue weighted by Crippen LogP contribution is -2.32. The summed E-state index contributed by atoms with van der Waals surface area (Å²) in [7, 11) is 3.24. The average Bonchev–Trinajstić information content (AvgIpc) is 3.35. The van der Waals surface area contributed by atoms with Crippen LogP contribution in [0.15, 0.2) is 48.7 Å². The van der Waals surface area contributed by atoms with E-state index < -0.39 is 18.5 Å². The van der Waals surface area contributed by atoms with Crippen LogP contribution in [0.5, 0.6) is 5.75 Å². The average molecular weight is 661 g/mol. The molecule has 2 aromatic carbocycles. The predicted molar refractivity (Wildman–Crippen MR) is 167 cm³/mol. The minimum atomic E-state index is -4.14. The molecule has 1 aliphatic rings. The van der Waals surface area contributed by atoms with Crippen molar-refractivity contribution in [3.8, 4) is 28.1 Å². The molecule has 3 heterocycles. The topological polar surface area (TPSA) is 89.3 Å². The van der Waals surface area contributed by atoms with Gasteiger partial charge in [-0.25, -0.2) is 4.98 Å². The Hall–Kier alpha value is -3.93. The molecule has 0 unspecified atom stereocenters. The number of carbonyl (C=O) groups excluding carboxylic acids is 2. The van der Waals surface area contributed by atoms with Crippen LogP contribution in [0.2, 0.25) is 10.0 Å². The molecule has 0 saturated carbocycles. The number of aldehydes is 1. The zero-order valence-corrected chi connectivity index (χ0v) is 26.1. The third kappa shape index (κ3) is 7.16. The van der Waals surface area contributed by atoms with E-state index in [9.17, 15) is 22.8 Å². The standard InChI is InChI=1S/C32H30Cl2F3N5O3/c1-41-25-11-15-42(14-4-3-12-32(35,36)37)17-24(25)39-30(41)31(44)40-23-7-5-6-21(27(23)33)22-10-13-38-29(28(22)34)19-8-9-20(18-43)26(16-19)45-2/h5-10,13,16,18H,3-4,11-12,14-15,17H2,1-2H3,(H,40,44). The third-order valence-electron chi connectivity index (χ3n) is 7.78. The van der Waals surface area contributed by atoms with Gasteiger partial charge in [0.25, 0.3) is 5.91 Å². The van der Waals surface area contributed by atoms with Crippen molar-refractivity contribution in [1.82, 2.24) is 19.4 Å². The maximum Gasteiger partial charge on any atom is 0.389 e. The van der Waals surface area contributed by atoms with Crippen LogP contribution in [0.25, 0.3) is 22.4 Å². The van der Waals surface area contributed by atoms with Gasteiger partial charge in [-0.05, 0) is 43.7 Å². The van der Waals surface area contributed by atoms with Gasteiger partial charge in [0.05, 0.1) is 39.8 Å².